The monoisotopic (exact) mass is 284 g/mol. The highest BCUT2D eigenvalue weighted by molar-refractivity contribution is 5.20. The molecule has 0 radical (unpaired) electrons. The molecule has 2 N–H and O–H groups in total. The van der Waals surface area contributed by atoms with Crippen molar-refractivity contribution in [1.29, 1.82) is 0 Å². The zero-order valence-corrected chi connectivity index (χ0v) is 11.6. The molecule has 1 fully saturated rings. The van der Waals surface area contributed by atoms with E-state index >= 15 is 0 Å². The Morgan fingerprint density at radius 1 is 1.15 bits per heavy atom. The molecule has 1 aromatic carbocycles. The minimum atomic E-state index is -0.921. The van der Waals surface area contributed by atoms with Gasteiger partial charge in [0.25, 0.3) is 0 Å². The molecule has 0 amide bonds. The first-order valence-corrected chi connectivity index (χ1v) is 7.23. The average molecular weight is 284 g/mol. The molecule has 3 nitrogen and oxygen atoms in total. The maximum absolute atomic E-state index is 13.1. The molecule has 0 bridgehead atoms. The lowest BCUT2D eigenvalue weighted by molar-refractivity contribution is 0.169. The number of aliphatic hydroxyl groups is 1. The van der Waals surface area contributed by atoms with Crippen molar-refractivity contribution in [3.8, 4) is 0 Å². The molecule has 0 aliphatic carbocycles. The van der Waals surface area contributed by atoms with Gasteiger partial charge >= 0.3 is 0 Å². The Hall–Kier alpha value is -1.04. The molecule has 1 heterocycles. The molecule has 1 atom stereocenters. The fourth-order valence-corrected chi connectivity index (χ4v) is 2.50. The zero-order valence-electron chi connectivity index (χ0n) is 11.6. The number of benzene rings is 1. The number of nitrogens with one attached hydrogen (secondary N) is 1. The summed E-state index contributed by atoms with van der Waals surface area (Å²) in [5.41, 5.74) is 0.398. The van der Waals surface area contributed by atoms with Crippen LogP contribution in [0.5, 0.6) is 0 Å². The van der Waals surface area contributed by atoms with E-state index in [0.717, 1.165) is 38.3 Å². The second kappa shape index (κ2) is 7.67. The number of aliphatic hydroxyl groups excluding tert-OH is 1. The van der Waals surface area contributed by atoms with Crippen LogP contribution in [-0.4, -0.2) is 42.7 Å². The number of nitrogens with zero attached hydrogens (tertiary/aromatic N) is 1. The van der Waals surface area contributed by atoms with E-state index < -0.39 is 17.7 Å². The number of piperidine rings is 1. The summed E-state index contributed by atoms with van der Waals surface area (Å²) in [6.07, 6.45) is 3.03. The largest absolute Gasteiger partial charge is 0.387 e. The van der Waals surface area contributed by atoms with Gasteiger partial charge in [-0.05, 0) is 43.6 Å². The molecule has 1 aromatic rings. The third-order valence-corrected chi connectivity index (χ3v) is 3.72. The molecule has 0 aromatic heterocycles. The predicted octanol–water partition coefficient (Wildman–Crippen LogP) is 2.07. The lowest BCUT2D eigenvalue weighted by atomic mass is 10.1. The average Bonchev–Trinajstić information content (AvgIpc) is 2.47. The molecule has 1 aliphatic rings. The maximum Gasteiger partial charge on any atom is 0.159 e. The quantitative estimate of drug-likeness (QED) is 0.785. The van der Waals surface area contributed by atoms with E-state index in [1.54, 1.807) is 0 Å². The van der Waals surface area contributed by atoms with Crippen LogP contribution in [0.4, 0.5) is 8.78 Å². The van der Waals surface area contributed by atoms with Gasteiger partial charge in [0.1, 0.15) is 0 Å². The molecule has 1 aliphatic heterocycles. The first kappa shape index (κ1) is 15.4. The Morgan fingerprint density at radius 3 is 2.60 bits per heavy atom. The summed E-state index contributed by atoms with van der Waals surface area (Å²) in [7, 11) is 0. The van der Waals surface area contributed by atoms with Crippen LogP contribution >= 0.6 is 0 Å². The Balaban J connectivity index is 1.69. The van der Waals surface area contributed by atoms with E-state index in [0.29, 0.717) is 12.1 Å². The summed E-state index contributed by atoms with van der Waals surface area (Å²) in [5, 5.41) is 13.1. The van der Waals surface area contributed by atoms with Gasteiger partial charge in [0.15, 0.2) is 11.6 Å². The Kier molecular flexibility index (Phi) is 5.88. The van der Waals surface area contributed by atoms with Crippen molar-refractivity contribution in [3.05, 3.63) is 35.4 Å². The van der Waals surface area contributed by atoms with Crippen molar-refractivity contribution in [2.75, 3.05) is 32.7 Å². The van der Waals surface area contributed by atoms with Gasteiger partial charge in [0, 0.05) is 19.6 Å². The number of halogens is 2. The summed E-state index contributed by atoms with van der Waals surface area (Å²) in [4.78, 5) is 2.40. The second-order valence-electron chi connectivity index (χ2n) is 5.30. The van der Waals surface area contributed by atoms with Crippen LogP contribution in [0.1, 0.15) is 30.9 Å². The third-order valence-electron chi connectivity index (χ3n) is 3.72. The summed E-state index contributed by atoms with van der Waals surface area (Å²) < 4.78 is 25.9. The van der Waals surface area contributed by atoms with Crippen molar-refractivity contribution < 1.29 is 13.9 Å². The number of hydrogen-bond acceptors (Lipinski definition) is 3. The van der Waals surface area contributed by atoms with Crippen LogP contribution in [0, 0.1) is 11.6 Å². The van der Waals surface area contributed by atoms with Gasteiger partial charge in [0.2, 0.25) is 0 Å². The van der Waals surface area contributed by atoms with Crippen molar-refractivity contribution in [2.45, 2.75) is 25.4 Å². The maximum atomic E-state index is 13.1. The van der Waals surface area contributed by atoms with Crippen molar-refractivity contribution in [3.63, 3.8) is 0 Å². The van der Waals surface area contributed by atoms with Gasteiger partial charge in [-0.25, -0.2) is 8.78 Å². The smallest absolute Gasteiger partial charge is 0.159 e. The molecule has 1 saturated heterocycles. The second-order valence-corrected chi connectivity index (χ2v) is 5.30. The Bertz CT molecular complexity index is 422. The van der Waals surface area contributed by atoms with E-state index in [9.17, 15) is 13.9 Å². The first-order chi connectivity index (χ1) is 9.66. The third kappa shape index (κ3) is 4.51. The topological polar surface area (TPSA) is 35.5 Å². The zero-order chi connectivity index (χ0) is 14.4. The van der Waals surface area contributed by atoms with E-state index in [2.05, 4.69) is 10.2 Å². The van der Waals surface area contributed by atoms with Crippen LogP contribution < -0.4 is 5.32 Å². The van der Waals surface area contributed by atoms with E-state index in [4.69, 9.17) is 0 Å². The van der Waals surface area contributed by atoms with Gasteiger partial charge in [0.05, 0.1) is 6.10 Å². The predicted molar refractivity (Wildman–Crippen MR) is 74.5 cm³/mol. The van der Waals surface area contributed by atoms with Crippen molar-refractivity contribution in [1.82, 2.24) is 10.2 Å². The molecule has 20 heavy (non-hydrogen) atoms. The van der Waals surface area contributed by atoms with Gasteiger partial charge in [-0.2, -0.15) is 0 Å². The van der Waals surface area contributed by atoms with Gasteiger partial charge in [-0.15, -0.1) is 0 Å². The van der Waals surface area contributed by atoms with Crippen molar-refractivity contribution >= 4 is 0 Å². The normalized spacial score (nSPS) is 18.1. The van der Waals surface area contributed by atoms with Crippen LogP contribution in [0.25, 0.3) is 0 Å². The van der Waals surface area contributed by atoms with Crippen LogP contribution in [0.3, 0.4) is 0 Å². The highest BCUT2D eigenvalue weighted by Gasteiger charge is 2.12. The van der Waals surface area contributed by atoms with E-state index in [-0.39, 0.29) is 0 Å². The van der Waals surface area contributed by atoms with Crippen LogP contribution in [-0.2, 0) is 0 Å². The molecule has 0 spiro atoms. The van der Waals surface area contributed by atoms with Crippen LogP contribution in [0.2, 0.25) is 0 Å². The highest BCUT2D eigenvalue weighted by Crippen LogP contribution is 2.15. The lowest BCUT2D eigenvalue weighted by Crippen LogP contribution is -2.36. The molecular formula is C15H22F2N2O. The summed E-state index contributed by atoms with van der Waals surface area (Å²) >= 11 is 0. The minimum absolute atomic E-state index is 0.346. The van der Waals surface area contributed by atoms with Gasteiger partial charge < -0.3 is 15.3 Å². The fraction of sp³-hybridized carbons (Fsp3) is 0.600. The van der Waals surface area contributed by atoms with Gasteiger partial charge in [-0.3, -0.25) is 0 Å². The summed E-state index contributed by atoms with van der Waals surface area (Å²) in [6.45, 7) is 4.39. The number of rotatable bonds is 6. The molecule has 5 heteroatoms. The Labute approximate surface area is 118 Å². The first-order valence-electron chi connectivity index (χ1n) is 7.23. The molecule has 0 saturated carbocycles. The van der Waals surface area contributed by atoms with E-state index in [1.807, 2.05) is 0 Å². The summed E-state index contributed by atoms with van der Waals surface area (Å²) in [6, 6.07) is 3.50. The number of likely N-dealkylation sites (tertiary alicyclic amines) is 1. The van der Waals surface area contributed by atoms with Crippen molar-refractivity contribution in [2.24, 2.45) is 0 Å². The molecular weight excluding hydrogens is 262 g/mol. The lowest BCUT2D eigenvalue weighted by Gasteiger charge is -2.26. The Morgan fingerprint density at radius 2 is 1.90 bits per heavy atom. The number of hydrogen-bond donors (Lipinski definition) is 2. The van der Waals surface area contributed by atoms with Crippen LogP contribution in [0.15, 0.2) is 18.2 Å². The molecule has 2 rings (SSSR count). The fourth-order valence-electron chi connectivity index (χ4n) is 2.50. The molecule has 112 valence electrons. The van der Waals surface area contributed by atoms with E-state index in [1.165, 1.54) is 25.3 Å². The van der Waals surface area contributed by atoms with Gasteiger partial charge in [-0.1, -0.05) is 12.5 Å². The summed E-state index contributed by atoms with van der Waals surface area (Å²) in [5.74, 6) is -1.81. The highest BCUT2D eigenvalue weighted by atomic mass is 19.2. The minimum Gasteiger partial charge on any atom is -0.387 e. The standard InChI is InChI=1S/C15H22F2N2O/c16-13-5-4-12(10-14(13)17)15(20)11-18-6-9-19-7-2-1-3-8-19/h4-5,10,15,18,20H,1-3,6-9,11H2. The molecule has 1 unspecified atom stereocenters. The SMILES string of the molecule is OC(CNCCN1CCCCC1)c1ccc(F)c(F)c1.